The highest BCUT2D eigenvalue weighted by atomic mass is 16.2. The van der Waals surface area contributed by atoms with Gasteiger partial charge >= 0.3 is 0 Å². The fraction of sp³-hybridized carbons (Fsp3) is 0.714. The van der Waals surface area contributed by atoms with E-state index in [1.165, 1.54) is 0 Å². The highest BCUT2D eigenvalue weighted by Gasteiger charge is 2.22. The molecule has 0 radical (unpaired) electrons. The largest absolute Gasteiger partial charge is 0.340 e. The van der Waals surface area contributed by atoms with Crippen molar-refractivity contribution in [2.45, 2.75) is 46.2 Å². The molecule has 0 saturated heterocycles. The lowest BCUT2D eigenvalue weighted by Crippen LogP contribution is -2.44. The van der Waals surface area contributed by atoms with E-state index in [1.54, 1.807) is 16.6 Å². The Labute approximate surface area is 115 Å². The molecule has 1 heterocycles. The maximum Gasteiger partial charge on any atom is 0.239 e. The maximum atomic E-state index is 12.2. The molecule has 0 bridgehead atoms. The Balaban J connectivity index is 2.82. The first-order valence-electron chi connectivity index (χ1n) is 6.77. The van der Waals surface area contributed by atoms with Crippen LogP contribution in [0.5, 0.6) is 0 Å². The number of amides is 1. The molecular weight excluding hydrogens is 240 g/mol. The molecule has 0 spiro atoms. The highest BCUT2D eigenvalue weighted by Crippen LogP contribution is 2.19. The van der Waals surface area contributed by atoms with E-state index in [1.807, 2.05) is 27.1 Å². The number of carbonyl (C=O) groups is 1. The molecule has 0 unspecified atom stereocenters. The molecule has 1 rings (SSSR count). The van der Waals surface area contributed by atoms with Crippen LogP contribution in [0.4, 0.5) is 0 Å². The van der Waals surface area contributed by atoms with Gasteiger partial charge in [-0.05, 0) is 11.8 Å². The molecule has 108 valence electrons. The SMILES string of the molecule is CC(C)c1nn(C)cc1CN(C)C(=O)[C@@H](N)C(C)C. The van der Waals surface area contributed by atoms with Crippen LogP contribution in [0.1, 0.15) is 44.9 Å². The minimum absolute atomic E-state index is 0.0199. The van der Waals surface area contributed by atoms with Crippen molar-refractivity contribution in [3.8, 4) is 0 Å². The van der Waals surface area contributed by atoms with Gasteiger partial charge in [0.2, 0.25) is 5.91 Å². The monoisotopic (exact) mass is 266 g/mol. The smallest absolute Gasteiger partial charge is 0.239 e. The number of carbonyl (C=O) groups excluding carboxylic acids is 1. The van der Waals surface area contributed by atoms with Crippen LogP contribution in [0.3, 0.4) is 0 Å². The van der Waals surface area contributed by atoms with Crippen LogP contribution in [0, 0.1) is 5.92 Å². The number of aryl methyl sites for hydroxylation is 1. The summed E-state index contributed by atoms with van der Waals surface area (Å²) in [5, 5.41) is 4.45. The molecule has 1 aromatic heterocycles. The minimum Gasteiger partial charge on any atom is -0.340 e. The zero-order chi connectivity index (χ0) is 14.7. The van der Waals surface area contributed by atoms with Crippen molar-refractivity contribution in [3.05, 3.63) is 17.5 Å². The number of aromatic nitrogens is 2. The first-order valence-corrected chi connectivity index (χ1v) is 6.77. The maximum absolute atomic E-state index is 12.2. The molecule has 5 heteroatoms. The summed E-state index contributed by atoms with van der Waals surface area (Å²) < 4.78 is 1.80. The molecule has 0 aliphatic heterocycles. The van der Waals surface area contributed by atoms with Crippen LogP contribution in [-0.4, -0.2) is 33.7 Å². The minimum atomic E-state index is -0.441. The van der Waals surface area contributed by atoms with Crippen molar-refractivity contribution in [1.82, 2.24) is 14.7 Å². The van der Waals surface area contributed by atoms with Crippen LogP contribution < -0.4 is 5.73 Å². The highest BCUT2D eigenvalue weighted by molar-refractivity contribution is 5.81. The average Bonchev–Trinajstić information content (AvgIpc) is 2.68. The summed E-state index contributed by atoms with van der Waals surface area (Å²) in [7, 11) is 3.69. The van der Waals surface area contributed by atoms with Gasteiger partial charge in [0.05, 0.1) is 11.7 Å². The standard InChI is InChI=1S/C14H26N4O/c1-9(2)12(15)14(19)17(5)7-11-8-18(6)16-13(11)10(3)4/h8-10,12H,7,15H2,1-6H3/t12-/m0/s1. The summed E-state index contributed by atoms with van der Waals surface area (Å²) in [6, 6.07) is -0.441. The molecule has 0 saturated carbocycles. The number of likely N-dealkylation sites (N-methyl/N-ethyl adjacent to an activating group) is 1. The molecule has 2 N–H and O–H groups in total. The lowest BCUT2D eigenvalue weighted by Gasteiger charge is -2.23. The number of rotatable bonds is 5. The van der Waals surface area contributed by atoms with E-state index in [9.17, 15) is 4.79 Å². The van der Waals surface area contributed by atoms with Gasteiger partial charge in [-0.1, -0.05) is 27.7 Å². The van der Waals surface area contributed by atoms with Crippen molar-refractivity contribution in [2.75, 3.05) is 7.05 Å². The van der Waals surface area contributed by atoms with Crippen LogP contribution in [0.25, 0.3) is 0 Å². The van der Waals surface area contributed by atoms with Gasteiger partial charge in [-0.25, -0.2) is 0 Å². The Kier molecular flexibility index (Phi) is 5.11. The molecule has 0 aromatic carbocycles. The van der Waals surface area contributed by atoms with Gasteiger partial charge in [0.1, 0.15) is 0 Å². The van der Waals surface area contributed by atoms with Crippen molar-refractivity contribution >= 4 is 5.91 Å². The second-order valence-corrected chi connectivity index (χ2v) is 5.83. The third kappa shape index (κ3) is 3.80. The molecule has 1 aromatic rings. The predicted octanol–water partition coefficient (Wildman–Crippen LogP) is 1.49. The molecule has 19 heavy (non-hydrogen) atoms. The first-order chi connectivity index (χ1) is 8.73. The molecule has 0 aliphatic carbocycles. The average molecular weight is 266 g/mol. The fourth-order valence-corrected chi connectivity index (χ4v) is 2.04. The number of nitrogens with zero attached hydrogens (tertiary/aromatic N) is 3. The summed E-state index contributed by atoms with van der Waals surface area (Å²) in [4.78, 5) is 13.8. The van der Waals surface area contributed by atoms with Crippen LogP contribution in [0.2, 0.25) is 0 Å². The van der Waals surface area contributed by atoms with Crippen molar-refractivity contribution < 1.29 is 4.79 Å². The Hall–Kier alpha value is -1.36. The van der Waals surface area contributed by atoms with Crippen molar-refractivity contribution in [3.63, 3.8) is 0 Å². The van der Waals surface area contributed by atoms with Gasteiger partial charge in [0.15, 0.2) is 0 Å². The molecule has 1 atom stereocenters. The Bertz CT molecular complexity index is 437. The van der Waals surface area contributed by atoms with E-state index < -0.39 is 6.04 Å². The van der Waals surface area contributed by atoms with Crippen LogP contribution in [0.15, 0.2) is 6.20 Å². The van der Waals surface area contributed by atoms with Crippen LogP contribution >= 0.6 is 0 Å². The van der Waals surface area contributed by atoms with Crippen LogP contribution in [-0.2, 0) is 18.4 Å². The van der Waals surface area contributed by atoms with E-state index >= 15 is 0 Å². The topological polar surface area (TPSA) is 64.2 Å². The lowest BCUT2D eigenvalue weighted by atomic mass is 10.0. The van der Waals surface area contributed by atoms with E-state index in [4.69, 9.17) is 5.73 Å². The molecule has 1 amide bonds. The van der Waals surface area contributed by atoms with Gasteiger partial charge in [-0.2, -0.15) is 5.10 Å². The van der Waals surface area contributed by atoms with Crippen molar-refractivity contribution in [2.24, 2.45) is 18.7 Å². The molecular formula is C14H26N4O. The van der Waals surface area contributed by atoms with Crippen molar-refractivity contribution in [1.29, 1.82) is 0 Å². The Morgan fingerprint density at radius 2 is 2.00 bits per heavy atom. The van der Waals surface area contributed by atoms with Gasteiger partial charge in [0, 0.05) is 32.4 Å². The third-order valence-corrected chi connectivity index (χ3v) is 3.27. The molecule has 0 fully saturated rings. The Morgan fingerprint density at radius 1 is 1.42 bits per heavy atom. The summed E-state index contributed by atoms with van der Waals surface area (Å²) >= 11 is 0. The van der Waals surface area contributed by atoms with E-state index in [0.717, 1.165) is 11.3 Å². The zero-order valence-electron chi connectivity index (χ0n) is 12.8. The Morgan fingerprint density at radius 3 is 2.47 bits per heavy atom. The van der Waals surface area contributed by atoms with Gasteiger partial charge in [-0.3, -0.25) is 9.48 Å². The lowest BCUT2D eigenvalue weighted by molar-refractivity contribution is -0.132. The summed E-state index contributed by atoms with van der Waals surface area (Å²) in [6.45, 7) is 8.68. The fourth-order valence-electron chi connectivity index (χ4n) is 2.04. The third-order valence-electron chi connectivity index (χ3n) is 3.27. The second kappa shape index (κ2) is 6.19. The predicted molar refractivity (Wildman–Crippen MR) is 76.6 cm³/mol. The van der Waals surface area contributed by atoms with Gasteiger partial charge in [0.25, 0.3) is 0 Å². The summed E-state index contributed by atoms with van der Waals surface area (Å²) in [6.07, 6.45) is 1.97. The summed E-state index contributed by atoms with van der Waals surface area (Å²) in [5.74, 6) is 0.473. The molecule has 5 nitrogen and oxygen atoms in total. The van der Waals surface area contributed by atoms with E-state index in [-0.39, 0.29) is 11.8 Å². The quantitative estimate of drug-likeness (QED) is 0.878. The number of nitrogens with two attached hydrogens (primary N) is 1. The van der Waals surface area contributed by atoms with Gasteiger partial charge < -0.3 is 10.6 Å². The number of hydrogen-bond donors (Lipinski definition) is 1. The van der Waals surface area contributed by atoms with E-state index in [2.05, 4.69) is 18.9 Å². The number of hydrogen-bond acceptors (Lipinski definition) is 3. The first kappa shape index (κ1) is 15.7. The summed E-state index contributed by atoms with van der Waals surface area (Å²) in [5.41, 5.74) is 8.03. The van der Waals surface area contributed by atoms with Gasteiger partial charge in [-0.15, -0.1) is 0 Å². The van der Waals surface area contributed by atoms with E-state index in [0.29, 0.717) is 12.5 Å². The second-order valence-electron chi connectivity index (χ2n) is 5.83. The normalized spacial score (nSPS) is 13.1. The molecule has 0 aliphatic rings. The zero-order valence-corrected chi connectivity index (χ0v) is 12.8.